The highest BCUT2D eigenvalue weighted by Crippen LogP contribution is 2.38. The maximum atomic E-state index is 12.1. The minimum absolute atomic E-state index is 0.0705. The van der Waals surface area contributed by atoms with Crippen molar-refractivity contribution in [1.82, 2.24) is 0 Å². The molecule has 0 fully saturated rings. The van der Waals surface area contributed by atoms with Crippen LogP contribution < -0.4 is 10.4 Å². The summed E-state index contributed by atoms with van der Waals surface area (Å²) in [6.07, 6.45) is 0.377. The van der Waals surface area contributed by atoms with E-state index >= 15 is 0 Å². The molecule has 2 aromatic rings. The van der Waals surface area contributed by atoms with Gasteiger partial charge in [-0.1, -0.05) is 19.1 Å². The van der Waals surface area contributed by atoms with E-state index < -0.39 is 0 Å². The second-order valence-electron chi connectivity index (χ2n) is 4.77. The second-order valence-corrected chi connectivity index (χ2v) is 4.77. The smallest absolute Gasteiger partial charge is 0.343 e. The fourth-order valence-electron chi connectivity index (χ4n) is 2.56. The van der Waals surface area contributed by atoms with Gasteiger partial charge in [0.05, 0.1) is 10.9 Å². The van der Waals surface area contributed by atoms with Crippen molar-refractivity contribution in [1.29, 1.82) is 0 Å². The average molecular weight is 260 g/mol. The number of ether oxygens (including phenoxy) is 2. The normalized spacial score (nSPS) is 22.0. The summed E-state index contributed by atoms with van der Waals surface area (Å²) in [7, 11) is 0. The fraction of sp³-hybridized carbons (Fsp3) is 0.400. The van der Waals surface area contributed by atoms with Gasteiger partial charge in [-0.25, -0.2) is 4.79 Å². The molecule has 4 nitrogen and oxygen atoms in total. The van der Waals surface area contributed by atoms with Gasteiger partial charge in [-0.05, 0) is 25.0 Å². The van der Waals surface area contributed by atoms with E-state index in [1.807, 2.05) is 32.0 Å². The average Bonchev–Trinajstić information content (AvgIpc) is 2.38. The predicted octanol–water partition coefficient (Wildman–Crippen LogP) is 3.04. The van der Waals surface area contributed by atoms with Crippen molar-refractivity contribution in [2.75, 3.05) is 6.61 Å². The van der Waals surface area contributed by atoms with Crippen molar-refractivity contribution in [3.8, 4) is 5.75 Å². The first kappa shape index (κ1) is 12.2. The molecule has 100 valence electrons. The van der Waals surface area contributed by atoms with Gasteiger partial charge in [0.2, 0.25) is 0 Å². The van der Waals surface area contributed by atoms with Crippen LogP contribution in [0.5, 0.6) is 5.75 Å². The standard InChI is InChI=1S/C15H16O4/c1-3-17-12-8-9(2)13-14(19-12)10-6-4-5-7-11(10)18-15(13)16/h4-7,9,12H,3,8H2,1-2H3/t9-,12+/m0/s1. The molecule has 0 amide bonds. The number of hydrogen-bond acceptors (Lipinski definition) is 4. The maximum absolute atomic E-state index is 12.1. The largest absolute Gasteiger partial charge is 0.464 e. The predicted molar refractivity (Wildman–Crippen MR) is 71.6 cm³/mol. The number of para-hydroxylation sites is 1. The van der Waals surface area contributed by atoms with E-state index in [-0.39, 0.29) is 17.8 Å². The molecular weight excluding hydrogens is 244 g/mol. The van der Waals surface area contributed by atoms with Crippen molar-refractivity contribution in [3.05, 3.63) is 40.2 Å². The molecule has 0 bridgehead atoms. The summed E-state index contributed by atoms with van der Waals surface area (Å²) in [6, 6.07) is 7.42. The van der Waals surface area contributed by atoms with Crippen LogP contribution in [0.1, 0.15) is 31.7 Å². The van der Waals surface area contributed by atoms with E-state index in [0.717, 1.165) is 5.39 Å². The maximum Gasteiger partial charge on any atom is 0.343 e. The summed E-state index contributed by atoms with van der Waals surface area (Å²) >= 11 is 0. The van der Waals surface area contributed by atoms with Gasteiger partial charge in [0.1, 0.15) is 11.3 Å². The lowest BCUT2D eigenvalue weighted by molar-refractivity contribution is -0.0902. The molecule has 4 heteroatoms. The molecule has 3 rings (SSSR count). The number of hydrogen-bond donors (Lipinski definition) is 0. The lowest BCUT2D eigenvalue weighted by Crippen LogP contribution is -2.30. The van der Waals surface area contributed by atoms with Crippen LogP contribution in [0.2, 0.25) is 0 Å². The van der Waals surface area contributed by atoms with Crippen LogP contribution in [0.25, 0.3) is 11.0 Å². The van der Waals surface area contributed by atoms with Gasteiger partial charge in [0.15, 0.2) is 6.29 Å². The zero-order valence-corrected chi connectivity index (χ0v) is 11.0. The van der Waals surface area contributed by atoms with Gasteiger partial charge < -0.3 is 13.9 Å². The van der Waals surface area contributed by atoms with Crippen molar-refractivity contribution < 1.29 is 13.9 Å². The van der Waals surface area contributed by atoms with Crippen molar-refractivity contribution in [2.24, 2.45) is 0 Å². The van der Waals surface area contributed by atoms with Crippen molar-refractivity contribution in [2.45, 2.75) is 32.5 Å². The highest BCUT2D eigenvalue weighted by Gasteiger charge is 2.30. The quantitative estimate of drug-likeness (QED) is 0.779. The zero-order chi connectivity index (χ0) is 13.4. The van der Waals surface area contributed by atoms with E-state index in [1.165, 1.54) is 0 Å². The van der Waals surface area contributed by atoms with Crippen molar-refractivity contribution >= 4 is 11.0 Å². The molecule has 0 spiro atoms. The van der Waals surface area contributed by atoms with Gasteiger partial charge in [-0.2, -0.15) is 0 Å². The third-order valence-corrected chi connectivity index (χ3v) is 3.44. The van der Waals surface area contributed by atoms with Gasteiger partial charge in [-0.3, -0.25) is 0 Å². The molecule has 19 heavy (non-hydrogen) atoms. The molecular formula is C15H16O4. The van der Waals surface area contributed by atoms with Crippen LogP contribution in [-0.2, 0) is 4.74 Å². The summed E-state index contributed by atoms with van der Waals surface area (Å²) < 4.78 is 16.7. The molecule has 1 aliphatic rings. The van der Waals surface area contributed by atoms with Crippen LogP contribution >= 0.6 is 0 Å². The highest BCUT2D eigenvalue weighted by atomic mass is 16.7. The van der Waals surface area contributed by atoms with Gasteiger partial charge in [0.25, 0.3) is 0 Å². The summed E-state index contributed by atoms with van der Waals surface area (Å²) in [6.45, 7) is 4.52. The minimum atomic E-state index is -0.309. The van der Waals surface area contributed by atoms with E-state index in [1.54, 1.807) is 6.07 Å². The molecule has 0 N–H and O–H groups in total. The summed E-state index contributed by atoms with van der Waals surface area (Å²) in [5.41, 5.74) is 0.862. The second kappa shape index (κ2) is 4.70. The molecule has 0 saturated heterocycles. The summed E-state index contributed by atoms with van der Waals surface area (Å²) in [5, 5.41) is 0.827. The SMILES string of the molecule is CCO[C@H]1C[C@H](C)c2c(c3ccccc3oc2=O)O1. The van der Waals surface area contributed by atoms with Gasteiger partial charge >= 0.3 is 5.63 Å². The van der Waals surface area contributed by atoms with E-state index in [9.17, 15) is 4.79 Å². The molecule has 2 heterocycles. The third kappa shape index (κ3) is 2.02. The Bertz CT molecular complexity index is 659. The first-order chi connectivity index (χ1) is 9.20. The number of fused-ring (bicyclic) bond motifs is 3. The zero-order valence-electron chi connectivity index (χ0n) is 11.0. The first-order valence-electron chi connectivity index (χ1n) is 6.54. The Morgan fingerprint density at radius 1 is 1.37 bits per heavy atom. The lowest BCUT2D eigenvalue weighted by atomic mass is 9.94. The monoisotopic (exact) mass is 260 g/mol. The van der Waals surface area contributed by atoms with Crippen molar-refractivity contribution in [3.63, 3.8) is 0 Å². The van der Waals surface area contributed by atoms with Crippen LogP contribution in [0, 0.1) is 0 Å². The Balaban J connectivity index is 2.21. The molecule has 0 saturated carbocycles. The molecule has 0 aliphatic carbocycles. The first-order valence-corrected chi connectivity index (χ1v) is 6.54. The Morgan fingerprint density at radius 3 is 2.95 bits per heavy atom. The molecule has 1 aromatic heterocycles. The highest BCUT2D eigenvalue weighted by molar-refractivity contribution is 5.84. The molecule has 2 atom stereocenters. The van der Waals surface area contributed by atoms with Crippen LogP contribution in [0.3, 0.4) is 0 Å². The molecule has 1 aromatic carbocycles. The Hall–Kier alpha value is -1.81. The number of rotatable bonds is 2. The Labute approximate surface area is 110 Å². The number of benzene rings is 1. The van der Waals surface area contributed by atoms with Crippen LogP contribution in [0.15, 0.2) is 33.5 Å². The molecule has 1 aliphatic heterocycles. The topological polar surface area (TPSA) is 48.7 Å². The van der Waals surface area contributed by atoms with Crippen LogP contribution in [-0.4, -0.2) is 12.9 Å². The Morgan fingerprint density at radius 2 is 2.16 bits per heavy atom. The van der Waals surface area contributed by atoms with Crippen LogP contribution in [0.4, 0.5) is 0 Å². The van der Waals surface area contributed by atoms with E-state index in [2.05, 4.69) is 0 Å². The third-order valence-electron chi connectivity index (χ3n) is 3.44. The minimum Gasteiger partial charge on any atom is -0.464 e. The molecule has 0 radical (unpaired) electrons. The summed E-state index contributed by atoms with van der Waals surface area (Å²) in [5.74, 6) is 0.685. The van der Waals surface area contributed by atoms with Gasteiger partial charge in [0, 0.05) is 13.0 Å². The molecule has 0 unspecified atom stereocenters. The van der Waals surface area contributed by atoms with E-state index in [0.29, 0.717) is 29.9 Å². The van der Waals surface area contributed by atoms with Gasteiger partial charge in [-0.15, -0.1) is 0 Å². The fourth-order valence-corrected chi connectivity index (χ4v) is 2.56. The van der Waals surface area contributed by atoms with E-state index in [4.69, 9.17) is 13.9 Å². The summed E-state index contributed by atoms with van der Waals surface area (Å²) in [4.78, 5) is 12.1. The Kier molecular flexibility index (Phi) is 3.03. The lowest BCUT2D eigenvalue weighted by Gasteiger charge is -2.29.